The Morgan fingerprint density at radius 3 is 2.76 bits per heavy atom. The van der Waals surface area contributed by atoms with Gasteiger partial charge in [0, 0.05) is 10.7 Å². The van der Waals surface area contributed by atoms with Gasteiger partial charge in [0.25, 0.3) is 0 Å². The van der Waals surface area contributed by atoms with Crippen molar-refractivity contribution in [3.8, 4) is 0 Å². The zero-order valence-corrected chi connectivity index (χ0v) is 11.9. The number of nitrogens with one attached hydrogen (secondary N) is 1. The van der Waals surface area contributed by atoms with E-state index in [0.29, 0.717) is 20.5 Å². The van der Waals surface area contributed by atoms with Crippen molar-refractivity contribution in [3.63, 3.8) is 0 Å². The molecule has 0 bridgehead atoms. The lowest BCUT2D eigenvalue weighted by atomic mass is 10.2. The summed E-state index contributed by atoms with van der Waals surface area (Å²) in [4.78, 5) is 7.97. The molecule has 0 atom stereocenters. The minimum absolute atomic E-state index is 0.363. The molecule has 0 amide bonds. The normalized spacial score (nSPS) is 10.4. The largest absolute Gasteiger partial charge is 0.339 e. The predicted octanol–water partition coefficient (Wildman–Crippen LogP) is 4.60. The van der Waals surface area contributed by atoms with Crippen molar-refractivity contribution in [2.24, 2.45) is 0 Å². The molecule has 0 aliphatic heterocycles. The molecule has 1 N–H and O–H groups in total. The van der Waals surface area contributed by atoms with E-state index < -0.39 is 0 Å². The van der Waals surface area contributed by atoms with Gasteiger partial charge >= 0.3 is 0 Å². The molecular weight excluding hydrogens is 325 g/mol. The predicted molar refractivity (Wildman–Crippen MR) is 74.2 cm³/mol. The Morgan fingerprint density at radius 2 is 2.00 bits per heavy atom. The van der Waals surface area contributed by atoms with Gasteiger partial charge < -0.3 is 5.32 Å². The Balaban J connectivity index is 2.38. The molecule has 0 saturated heterocycles. The maximum Gasteiger partial charge on any atom is 0.149 e. The summed E-state index contributed by atoms with van der Waals surface area (Å²) in [6.07, 6.45) is 1.40. The molecule has 1 aromatic carbocycles. The zero-order chi connectivity index (χ0) is 12.4. The second-order valence-corrected chi connectivity index (χ2v) is 5.00. The number of rotatable bonds is 2. The van der Waals surface area contributed by atoms with Crippen molar-refractivity contribution in [1.29, 1.82) is 0 Å². The van der Waals surface area contributed by atoms with Crippen LogP contribution in [0.15, 0.2) is 29.0 Å². The van der Waals surface area contributed by atoms with Crippen LogP contribution in [0.4, 0.5) is 11.5 Å². The lowest BCUT2D eigenvalue weighted by Gasteiger charge is -2.10. The molecular formula is C11H8BrCl2N3. The van der Waals surface area contributed by atoms with Crippen molar-refractivity contribution in [1.82, 2.24) is 9.97 Å². The molecule has 1 heterocycles. The fraction of sp³-hybridized carbons (Fsp3) is 0.0909. The van der Waals surface area contributed by atoms with Crippen LogP contribution < -0.4 is 5.32 Å². The highest BCUT2D eigenvalue weighted by atomic mass is 79.9. The van der Waals surface area contributed by atoms with Crippen LogP contribution in [0.5, 0.6) is 0 Å². The second kappa shape index (κ2) is 5.21. The van der Waals surface area contributed by atoms with E-state index in [-0.39, 0.29) is 0 Å². The first-order valence-electron chi connectivity index (χ1n) is 4.77. The van der Waals surface area contributed by atoms with Gasteiger partial charge in [-0.15, -0.1) is 0 Å². The standard InChI is InChI=1S/C11H8BrCl2N3/c1-6-2-3-7(13)4-8(6)17-11-9(12)10(14)15-5-16-11/h2-5H,1H3,(H,15,16,17). The number of aryl methyl sites for hydroxylation is 1. The number of benzene rings is 1. The molecule has 1 aromatic heterocycles. The van der Waals surface area contributed by atoms with Gasteiger partial charge in [0.05, 0.1) is 4.47 Å². The first-order chi connectivity index (χ1) is 8.08. The van der Waals surface area contributed by atoms with Crippen LogP contribution in [0, 0.1) is 6.92 Å². The molecule has 0 aliphatic carbocycles. The third kappa shape index (κ3) is 2.89. The van der Waals surface area contributed by atoms with E-state index in [2.05, 4.69) is 31.2 Å². The average molecular weight is 333 g/mol. The minimum atomic E-state index is 0.363. The fourth-order valence-electron chi connectivity index (χ4n) is 1.29. The van der Waals surface area contributed by atoms with Gasteiger partial charge in [-0.3, -0.25) is 0 Å². The molecule has 0 fully saturated rings. The summed E-state index contributed by atoms with van der Waals surface area (Å²) in [5.74, 6) is 0.607. The van der Waals surface area contributed by atoms with Crippen LogP contribution in [0.25, 0.3) is 0 Å². The summed E-state index contributed by atoms with van der Waals surface area (Å²) in [5.41, 5.74) is 1.95. The van der Waals surface area contributed by atoms with Crippen LogP contribution in [-0.2, 0) is 0 Å². The van der Waals surface area contributed by atoms with E-state index in [0.717, 1.165) is 11.3 Å². The Hall–Kier alpha value is -0.840. The minimum Gasteiger partial charge on any atom is -0.339 e. The lowest BCUT2D eigenvalue weighted by molar-refractivity contribution is 1.15. The Morgan fingerprint density at radius 1 is 1.24 bits per heavy atom. The third-order valence-corrected chi connectivity index (χ3v) is 3.70. The SMILES string of the molecule is Cc1ccc(Cl)cc1Nc1ncnc(Cl)c1Br. The summed E-state index contributed by atoms with van der Waals surface area (Å²) < 4.78 is 0.626. The Labute approximate surface area is 117 Å². The van der Waals surface area contributed by atoms with E-state index in [1.165, 1.54) is 6.33 Å². The fourth-order valence-corrected chi connectivity index (χ4v) is 1.90. The molecule has 2 aromatic rings. The summed E-state index contributed by atoms with van der Waals surface area (Å²) in [6, 6.07) is 5.60. The summed E-state index contributed by atoms with van der Waals surface area (Å²) >= 11 is 15.2. The number of hydrogen-bond acceptors (Lipinski definition) is 3. The molecule has 0 radical (unpaired) electrons. The van der Waals surface area contributed by atoms with Crippen molar-refractivity contribution in [2.75, 3.05) is 5.32 Å². The number of hydrogen-bond donors (Lipinski definition) is 1. The Kier molecular flexibility index (Phi) is 3.86. The van der Waals surface area contributed by atoms with Gasteiger partial charge in [0.15, 0.2) is 0 Å². The summed E-state index contributed by atoms with van der Waals surface area (Å²) in [5, 5.41) is 4.18. The smallest absolute Gasteiger partial charge is 0.149 e. The molecule has 0 spiro atoms. The molecule has 3 nitrogen and oxygen atoms in total. The van der Waals surface area contributed by atoms with Crippen LogP contribution in [-0.4, -0.2) is 9.97 Å². The highest BCUT2D eigenvalue weighted by Crippen LogP contribution is 2.30. The first-order valence-corrected chi connectivity index (χ1v) is 6.32. The van der Waals surface area contributed by atoms with E-state index in [1.54, 1.807) is 0 Å². The molecule has 0 aliphatic rings. The van der Waals surface area contributed by atoms with E-state index in [9.17, 15) is 0 Å². The molecule has 88 valence electrons. The highest BCUT2D eigenvalue weighted by molar-refractivity contribution is 9.10. The first kappa shape index (κ1) is 12.6. The molecule has 0 saturated carbocycles. The van der Waals surface area contributed by atoms with Crippen molar-refractivity contribution >= 4 is 50.6 Å². The summed E-state index contributed by atoms with van der Waals surface area (Å²) in [7, 11) is 0. The average Bonchev–Trinajstić information content (AvgIpc) is 2.30. The number of aromatic nitrogens is 2. The zero-order valence-electron chi connectivity index (χ0n) is 8.84. The monoisotopic (exact) mass is 331 g/mol. The number of anilines is 2. The molecule has 17 heavy (non-hydrogen) atoms. The van der Waals surface area contributed by atoms with E-state index in [1.807, 2.05) is 25.1 Å². The lowest BCUT2D eigenvalue weighted by Crippen LogP contribution is -1.98. The van der Waals surface area contributed by atoms with E-state index in [4.69, 9.17) is 23.2 Å². The highest BCUT2D eigenvalue weighted by Gasteiger charge is 2.08. The topological polar surface area (TPSA) is 37.8 Å². The maximum absolute atomic E-state index is 5.94. The van der Waals surface area contributed by atoms with Gasteiger partial charge in [0.2, 0.25) is 0 Å². The van der Waals surface area contributed by atoms with Gasteiger partial charge in [-0.25, -0.2) is 9.97 Å². The molecule has 0 unspecified atom stereocenters. The van der Waals surface area contributed by atoms with Crippen LogP contribution in [0.1, 0.15) is 5.56 Å². The van der Waals surface area contributed by atoms with Crippen molar-refractivity contribution in [2.45, 2.75) is 6.92 Å². The summed E-state index contributed by atoms with van der Waals surface area (Å²) in [6.45, 7) is 1.98. The maximum atomic E-state index is 5.94. The Bertz CT molecular complexity index is 560. The number of halogens is 3. The van der Waals surface area contributed by atoms with Gasteiger partial charge in [-0.2, -0.15) is 0 Å². The van der Waals surface area contributed by atoms with Crippen LogP contribution in [0.3, 0.4) is 0 Å². The van der Waals surface area contributed by atoms with E-state index >= 15 is 0 Å². The van der Waals surface area contributed by atoms with Crippen molar-refractivity contribution in [3.05, 3.63) is 44.7 Å². The second-order valence-electron chi connectivity index (χ2n) is 3.41. The van der Waals surface area contributed by atoms with Crippen molar-refractivity contribution < 1.29 is 0 Å². The number of nitrogens with zero attached hydrogens (tertiary/aromatic N) is 2. The molecule has 6 heteroatoms. The quantitative estimate of drug-likeness (QED) is 0.817. The molecule has 2 rings (SSSR count). The van der Waals surface area contributed by atoms with Gasteiger partial charge in [0.1, 0.15) is 17.3 Å². The third-order valence-electron chi connectivity index (χ3n) is 2.20. The van der Waals surface area contributed by atoms with Gasteiger partial charge in [-0.05, 0) is 40.5 Å². The van der Waals surface area contributed by atoms with Gasteiger partial charge in [-0.1, -0.05) is 29.3 Å². The van der Waals surface area contributed by atoms with Crippen LogP contribution >= 0.6 is 39.1 Å². The van der Waals surface area contributed by atoms with Crippen LogP contribution in [0.2, 0.25) is 10.2 Å².